The number of aliphatic hydroxyl groups is 1. The van der Waals surface area contributed by atoms with Gasteiger partial charge in [-0.05, 0) is 17.7 Å². The van der Waals surface area contributed by atoms with Crippen LogP contribution in [-0.4, -0.2) is 23.8 Å². The smallest absolute Gasteiger partial charge is 0.265 e. The molecule has 2 aromatic carbocycles. The molecular formula is C16H16N2O3. The van der Waals surface area contributed by atoms with Crippen molar-refractivity contribution in [3.05, 3.63) is 65.7 Å². The number of carbonyl (C=O) groups excluding carboxylic acids is 1. The zero-order valence-electron chi connectivity index (χ0n) is 11.4. The lowest BCUT2D eigenvalue weighted by Gasteiger charge is -2.08. The highest BCUT2D eigenvalue weighted by atomic mass is 16.5. The van der Waals surface area contributed by atoms with E-state index >= 15 is 0 Å². The third-order valence-corrected chi connectivity index (χ3v) is 2.69. The Bertz CT molecular complexity index is 612. The summed E-state index contributed by atoms with van der Waals surface area (Å²) < 4.78 is 5.75. The molecule has 0 fully saturated rings. The van der Waals surface area contributed by atoms with Gasteiger partial charge in [0.25, 0.3) is 5.91 Å². The first-order valence-electron chi connectivity index (χ1n) is 6.48. The average Bonchev–Trinajstić information content (AvgIpc) is 2.54. The Morgan fingerprint density at radius 3 is 2.62 bits per heavy atom. The van der Waals surface area contributed by atoms with Crippen LogP contribution >= 0.6 is 0 Å². The number of benzene rings is 2. The van der Waals surface area contributed by atoms with E-state index in [1.165, 1.54) is 6.21 Å². The Labute approximate surface area is 122 Å². The molecule has 0 saturated heterocycles. The lowest BCUT2D eigenvalue weighted by molar-refractivity contribution is -0.123. The summed E-state index contributed by atoms with van der Waals surface area (Å²) in [6.07, 6.45) is 1.48. The molecule has 0 aliphatic rings. The summed E-state index contributed by atoms with van der Waals surface area (Å²) in [4.78, 5) is 10.9. The van der Waals surface area contributed by atoms with Crippen molar-refractivity contribution in [2.45, 2.75) is 6.61 Å². The topological polar surface area (TPSA) is 70.9 Å². The molecule has 2 aromatic rings. The van der Waals surface area contributed by atoms with Crippen molar-refractivity contribution in [1.29, 1.82) is 0 Å². The van der Waals surface area contributed by atoms with Gasteiger partial charge in [-0.15, -0.1) is 0 Å². The maximum absolute atomic E-state index is 10.9. The summed E-state index contributed by atoms with van der Waals surface area (Å²) in [6, 6.07) is 17.2. The molecule has 2 N–H and O–H groups in total. The van der Waals surface area contributed by atoms with Gasteiger partial charge in [-0.3, -0.25) is 4.79 Å². The molecule has 0 spiro atoms. The van der Waals surface area contributed by atoms with Gasteiger partial charge in [0.05, 0.1) is 6.21 Å². The maximum Gasteiger partial charge on any atom is 0.265 e. The van der Waals surface area contributed by atoms with Gasteiger partial charge in [-0.25, -0.2) is 5.43 Å². The fourth-order valence-electron chi connectivity index (χ4n) is 1.66. The molecule has 0 aromatic heterocycles. The van der Waals surface area contributed by atoms with Gasteiger partial charge < -0.3 is 9.84 Å². The number of nitrogens with one attached hydrogen (secondary N) is 1. The van der Waals surface area contributed by atoms with E-state index in [-0.39, 0.29) is 0 Å². The molecule has 0 heterocycles. The minimum Gasteiger partial charge on any atom is -0.488 e. The van der Waals surface area contributed by atoms with Gasteiger partial charge in [-0.2, -0.15) is 5.10 Å². The first-order chi connectivity index (χ1) is 10.3. The quantitative estimate of drug-likeness (QED) is 0.626. The van der Waals surface area contributed by atoms with Gasteiger partial charge in [0, 0.05) is 5.56 Å². The lowest BCUT2D eigenvalue weighted by atomic mass is 10.2. The highest BCUT2D eigenvalue weighted by molar-refractivity contribution is 5.85. The standard InChI is InChI=1S/C16H16N2O3/c19-11-16(20)18-17-10-14-8-4-5-9-15(14)21-12-13-6-2-1-3-7-13/h1-10,19H,11-12H2,(H,18,20). The van der Waals surface area contributed by atoms with Crippen molar-refractivity contribution >= 4 is 12.1 Å². The van der Waals surface area contributed by atoms with Crippen molar-refractivity contribution in [2.75, 3.05) is 6.61 Å². The minimum absolute atomic E-state index is 0.453. The second kappa shape index (κ2) is 7.81. The molecule has 0 radical (unpaired) electrons. The van der Waals surface area contributed by atoms with Crippen LogP contribution in [0.2, 0.25) is 0 Å². The number of aliphatic hydroxyl groups excluding tert-OH is 1. The van der Waals surface area contributed by atoms with Crippen molar-refractivity contribution < 1.29 is 14.6 Å². The van der Waals surface area contributed by atoms with Crippen LogP contribution in [-0.2, 0) is 11.4 Å². The highest BCUT2D eigenvalue weighted by Gasteiger charge is 2.01. The largest absolute Gasteiger partial charge is 0.488 e. The molecule has 0 unspecified atom stereocenters. The van der Waals surface area contributed by atoms with Crippen LogP contribution in [0.3, 0.4) is 0 Å². The van der Waals surface area contributed by atoms with E-state index in [1.807, 2.05) is 54.6 Å². The van der Waals surface area contributed by atoms with E-state index in [1.54, 1.807) is 0 Å². The second-order valence-electron chi connectivity index (χ2n) is 4.26. The summed E-state index contributed by atoms with van der Waals surface area (Å²) in [5.74, 6) is 0.109. The van der Waals surface area contributed by atoms with E-state index < -0.39 is 12.5 Å². The SMILES string of the molecule is O=C(CO)NN=Cc1ccccc1OCc1ccccc1. The Morgan fingerprint density at radius 1 is 1.14 bits per heavy atom. The Morgan fingerprint density at radius 2 is 1.86 bits per heavy atom. The summed E-state index contributed by atoms with van der Waals surface area (Å²) in [6.45, 7) is -0.141. The molecular weight excluding hydrogens is 268 g/mol. The van der Waals surface area contributed by atoms with Gasteiger partial charge in [0.15, 0.2) is 0 Å². The van der Waals surface area contributed by atoms with E-state index in [2.05, 4.69) is 10.5 Å². The van der Waals surface area contributed by atoms with E-state index in [4.69, 9.17) is 9.84 Å². The first kappa shape index (κ1) is 14.7. The number of hydrogen-bond donors (Lipinski definition) is 2. The number of hydrazone groups is 1. The number of nitrogens with zero attached hydrogens (tertiary/aromatic N) is 1. The Balaban J connectivity index is 2.01. The predicted octanol–water partition coefficient (Wildman–Crippen LogP) is 1.71. The molecule has 0 saturated carbocycles. The van der Waals surface area contributed by atoms with Crippen LogP contribution in [0.15, 0.2) is 59.7 Å². The molecule has 21 heavy (non-hydrogen) atoms. The number of para-hydroxylation sites is 1. The molecule has 0 aliphatic heterocycles. The highest BCUT2D eigenvalue weighted by Crippen LogP contribution is 2.17. The molecule has 0 atom stereocenters. The van der Waals surface area contributed by atoms with Gasteiger partial charge in [0.1, 0.15) is 19.0 Å². The van der Waals surface area contributed by atoms with E-state index in [0.29, 0.717) is 12.4 Å². The lowest BCUT2D eigenvalue weighted by Crippen LogP contribution is -2.20. The van der Waals surface area contributed by atoms with Crippen LogP contribution < -0.4 is 10.2 Å². The first-order valence-corrected chi connectivity index (χ1v) is 6.48. The van der Waals surface area contributed by atoms with Gasteiger partial charge >= 0.3 is 0 Å². The summed E-state index contributed by atoms with van der Waals surface area (Å²) in [5.41, 5.74) is 4.02. The maximum atomic E-state index is 10.9. The number of amides is 1. The Hall–Kier alpha value is -2.66. The fourth-order valence-corrected chi connectivity index (χ4v) is 1.66. The number of carbonyl (C=O) groups is 1. The normalized spacial score (nSPS) is 10.5. The molecule has 5 heteroatoms. The second-order valence-corrected chi connectivity index (χ2v) is 4.26. The van der Waals surface area contributed by atoms with E-state index in [0.717, 1.165) is 11.1 Å². The number of ether oxygens (including phenoxy) is 1. The van der Waals surface area contributed by atoms with Crippen LogP contribution in [0.1, 0.15) is 11.1 Å². The van der Waals surface area contributed by atoms with Crippen LogP contribution in [0, 0.1) is 0 Å². The average molecular weight is 284 g/mol. The molecule has 2 rings (SSSR count). The number of rotatable bonds is 6. The monoisotopic (exact) mass is 284 g/mol. The molecule has 108 valence electrons. The molecule has 5 nitrogen and oxygen atoms in total. The van der Waals surface area contributed by atoms with Crippen LogP contribution in [0.4, 0.5) is 0 Å². The summed E-state index contributed by atoms with van der Waals surface area (Å²) >= 11 is 0. The Kier molecular flexibility index (Phi) is 5.49. The molecule has 0 aliphatic carbocycles. The van der Waals surface area contributed by atoms with Gasteiger partial charge in [0.2, 0.25) is 0 Å². The molecule has 1 amide bonds. The zero-order chi connectivity index (χ0) is 14.9. The zero-order valence-corrected chi connectivity index (χ0v) is 11.4. The van der Waals surface area contributed by atoms with Crippen molar-refractivity contribution in [1.82, 2.24) is 5.43 Å². The molecule has 0 bridgehead atoms. The van der Waals surface area contributed by atoms with Crippen LogP contribution in [0.25, 0.3) is 0 Å². The van der Waals surface area contributed by atoms with Crippen molar-refractivity contribution in [2.24, 2.45) is 5.10 Å². The fraction of sp³-hybridized carbons (Fsp3) is 0.125. The predicted molar refractivity (Wildman–Crippen MR) is 80.0 cm³/mol. The van der Waals surface area contributed by atoms with Crippen molar-refractivity contribution in [3.8, 4) is 5.75 Å². The summed E-state index contributed by atoms with van der Waals surface area (Å²) in [7, 11) is 0. The van der Waals surface area contributed by atoms with Crippen LogP contribution in [0.5, 0.6) is 5.75 Å². The van der Waals surface area contributed by atoms with Gasteiger partial charge in [-0.1, -0.05) is 42.5 Å². The number of hydrogen-bond acceptors (Lipinski definition) is 4. The third kappa shape index (κ3) is 4.74. The minimum atomic E-state index is -0.594. The van der Waals surface area contributed by atoms with Crippen molar-refractivity contribution in [3.63, 3.8) is 0 Å². The van der Waals surface area contributed by atoms with E-state index in [9.17, 15) is 4.79 Å². The third-order valence-electron chi connectivity index (χ3n) is 2.69. The summed E-state index contributed by atoms with van der Waals surface area (Å²) in [5, 5.41) is 12.3.